The van der Waals surface area contributed by atoms with Crippen LogP contribution in [0, 0.1) is 0 Å². The van der Waals surface area contributed by atoms with Gasteiger partial charge in [0.1, 0.15) is 55.3 Å². The standard InChI is InChI=1S/2C7H6O6S.2C5H5ClN2/c2*8-6-2-1-4(14(11,12)13)3-5(6)7(9)10;2*6-4-1-2-5(7)8-3-4/h2*1-3,8H,(H,9,10)(H,11,12,13);2*1-3H,(H2,7,8). The number of hydrogen-bond donors (Lipinski definition) is 6. The van der Waals surface area contributed by atoms with Gasteiger partial charge >= 0.3 is 11.9 Å². The molecule has 0 aliphatic heterocycles. The second-order valence-corrected chi connectivity index (χ2v) is 11.4. The molecule has 4 aromatic rings. The third kappa shape index (κ3) is 13.1. The van der Waals surface area contributed by atoms with E-state index in [1.54, 1.807) is 36.7 Å². The fraction of sp³-hybridized carbons (Fsp3) is 0. The Kier molecular flexibility index (Phi) is 13.7. The highest BCUT2D eigenvalue weighted by Crippen LogP contribution is 2.22. The van der Waals surface area contributed by atoms with E-state index in [0.717, 1.165) is 24.3 Å². The maximum atomic E-state index is 10.5. The van der Waals surface area contributed by atoms with Crippen molar-refractivity contribution in [3.63, 3.8) is 0 Å². The van der Waals surface area contributed by atoms with Gasteiger partial charge in [0.25, 0.3) is 11.6 Å². The van der Waals surface area contributed by atoms with Crippen LogP contribution in [-0.4, -0.2) is 58.3 Å². The number of carbonyl (C=O) groups is 2. The summed E-state index contributed by atoms with van der Waals surface area (Å²) in [7, 11) is -9.40. The number of benzene rings is 2. The van der Waals surface area contributed by atoms with Gasteiger partial charge in [-0.05, 0) is 48.5 Å². The fourth-order valence-electron chi connectivity index (χ4n) is 2.52. The van der Waals surface area contributed by atoms with E-state index < -0.39 is 64.6 Å². The van der Waals surface area contributed by atoms with Crippen molar-refractivity contribution in [2.24, 2.45) is 0 Å². The molecule has 16 nitrogen and oxygen atoms in total. The van der Waals surface area contributed by atoms with Crippen molar-refractivity contribution in [2.75, 3.05) is 11.5 Å². The molecule has 10 N–H and O–H groups in total. The maximum absolute atomic E-state index is 10.5. The van der Waals surface area contributed by atoms with E-state index in [1.807, 2.05) is 0 Å². The number of carboxylic acids is 2. The van der Waals surface area contributed by atoms with Crippen molar-refractivity contribution in [3.05, 3.63) is 94.2 Å². The summed E-state index contributed by atoms with van der Waals surface area (Å²) in [5.41, 5.74) is 9.38. The summed E-state index contributed by atoms with van der Waals surface area (Å²) in [4.78, 5) is 25.0. The minimum atomic E-state index is -4.70. The van der Waals surface area contributed by atoms with Crippen molar-refractivity contribution in [1.82, 2.24) is 0 Å². The van der Waals surface area contributed by atoms with Crippen LogP contribution in [0.5, 0.6) is 11.5 Å². The highest BCUT2D eigenvalue weighted by Gasteiger charge is 2.13. The third-order valence-corrected chi connectivity index (χ3v) is 6.70. The summed E-state index contributed by atoms with van der Waals surface area (Å²) in [6.07, 6.45) is 3.27. The zero-order valence-corrected chi connectivity index (χ0v) is 24.9. The number of H-pyrrole nitrogens is 2. The number of nitrogens with two attached hydrogens (primary N) is 2. The molecule has 4 rings (SSSR count). The molecule has 0 aliphatic carbocycles. The Bertz CT molecular complexity index is 1650. The smallest absolute Gasteiger partial charge is 0.339 e. The van der Waals surface area contributed by atoms with Crippen LogP contribution in [0.3, 0.4) is 0 Å². The van der Waals surface area contributed by atoms with Crippen molar-refractivity contribution in [3.8, 4) is 11.5 Å². The number of anilines is 2. The third-order valence-electron chi connectivity index (χ3n) is 4.57. The first-order chi connectivity index (χ1) is 20.2. The molecule has 2 aromatic carbocycles. The fourth-order valence-corrected chi connectivity index (χ4v) is 3.75. The predicted octanol–water partition coefficient (Wildman–Crippen LogP) is 1.46. The molecule has 0 bridgehead atoms. The number of aromatic hydroxyl groups is 2. The monoisotopic (exact) mass is 692 g/mol. The number of halogens is 2. The number of pyridine rings is 2. The van der Waals surface area contributed by atoms with Gasteiger partial charge in [0, 0.05) is 12.1 Å². The summed E-state index contributed by atoms with van der Waals surface area (Å²) in [6.45, 7) is 0. The Labute approximate surface area is 259 Å². The molecule has 2 heterocycles. The molecule has 44 heavy (non-hydrogen) atoms. The van der Waals surface area contributed by atoms with Gasteiger partial charge in [-0.3, -0.25) is 11.5 Å². The summed E-state index contributed by atoms with van der Waals surface area (Å²) < 4.78 is 62.9. The van der Waals surface area contributed by atoms with E-state index in [-0.39, 0.29) is 0 Å². The molecule has 0 atom stereocenters. The molecule has 0 saturated carbocycles. The lowest BCUT2D eigenvalue weighted by Gasteiger charge is -2.08. The predicted molar refractivity (Wildman–Crippen MR) is 151 cm³/mol. The zero-order valence-electron chi connectivity index (χ0n) is 21.7. The van der Waals surface area contributed by atoms with E-state index in [4.69, 9.17) is 55.1 Å². The van der Waals surface area contributed by atoms with Gasteiger partial charge < -0.3 is 29.5 Å². The van der Waals surface area contributed by atoms with Crippen molar-refractivity contribution >= 4 is 67.0 Å². The average molecular weight is 693 g/mol. The Balaban J connectivity index is 0.000000303. The molecule has 0 radical (unpaired) electrons. The lowest BCUT2D eigenvalue weighted by Crippen LogP contribution is -2.07. The Morgan fingerprint density at radius 3 is 1.16 bits per heavy atom. The molecule has 0 unspecified atom stereocenters. The number of phenols is 2. The van der Waals surface area contributed by atoms with Crippen LogP contribution < -0.4 is 21.4 Å². The number of hydrogen-bond acceptors (Lipinski definition) is 12. The molecule has 236 valence electrons. The van der Waals surface area contributed by atoms with Gasteiger partial charge in [-0.25, -0.2) is 36.4 Å². The van der Waals surface area contributed by atoms with E-state index >= 15 is 0 Å². The second kappa shape index (κ2) is 16.2. The largest absolute Gasteiger partial charge is 0.744 e. The van der Waals surface area contributed by atoms with Gasteiger partial charge in [0.15, 0.2) is 0 Å². The van der Waals surface area contributed by atoms with Crippen LogP contribution in [-0.2, 0) is 20.2 Å². The second-order valence-electron chi connectivity index (χ2n) is 7.80. The number of aromatic amines is 2. The minimum Gasteiger partial charge on any atom is -0.744 e. The summed E-state index contributed by atoms with van der Waals surface area (Å²) >= 11 is 11.0. The van der Waals surface area contributed by atoms with Crippen LogP contribution in [0.25, 0.3) is 0 Å². The van der Waals surface area contributed by atoms with Gasteiger partial charge in [-0.1, -0.05) is 23.2 Å². The van der Waals surface area contributed by atoms with Crippen molar-refractivity contribution < 1.29 is 65.9 Å². The average Bonchev–Trinajstić information content (AvgIpc) is 2.92. The lowest BCUT2D eigenvalue weighted by molar-refractivity contribution is -0.360. The summed E-state index contributed by atoms with van der Waals surface area (Å²) in [5, 5.41) is 36.3. The van der Waals surface area contributed by atoms with Crippen molar-refractivity contribution in [1.29, 1.82) is 0 Å². The Morgan fingerprint density at radius 2 is 0.955 bits per heavy atom. The highest BCUT2D eigenvalue weighted by molar-refractivity contribution is 7.86. The summed E-state index contributed by atoms with van der Waals surface area (Å²) in [5.74, 6) is -2.96. The first-order valence-corrected chi connectivity index (χ1v) is 14.7. The van der Waals surface area contributed by atoms with Gasteiger partial charge in [0.05, 0.1) is 19.8 Å². The van der Waals surface area contributed by atoms with E-state index in [2.05, 4.69) is 9.97 Å². The van der Waals surface area contributed by atoms with Gasteiger partial charge in [0.2, 0.25) is 0 Å². The molecule has 0 spiro atoms. The summed E-state index contributed by atoms with van der Waals surface area (Å²) in [6, 6.07) is 11.5. The normalized spacial score (nSPS) is 10.5. The first kappa shape index (κ1) is 37.3. The van der Waals surface area contributed by atoms with E-state index in [1.165, 1.54) is 0 Å². The highest BCUT2D eigenvalue weighted by atomic mass is 35.5. The Hall–Kier alpha value is -4.72. The molecule has 20 heteroatoms. The first-order valence-electron chi connectivity index (χ1n) is 11.1. The molecule has 0 amide bonds. The number of nitrogen functional groups attached to an aromatic ring is 2. The molecule has 0 fully saturated rings. The van der Waals surface area contributed by atoms with Crippen LogP contribution in [0.2, 0.25) is 10.0 Å². The molecule has 2 aromatic heterocycles. The van der Waals surface area contributed by atoms with Crippen molar-refractivity contribution in [2.45, 2.75) is 9.79 Å². The van der Waals surface area contributed by atoms with Crippen LogP contribution in [0.4, 0.5) is 11.6 Å². The van der Waals surface area contributed by atoms with Crippen LogP contribution in [0.15, 0.2) is 82.8 Å². The van der Waals surface area contributed by atoms with Gasteiger partial charge in [-0.15, -0.1) is 0 Å². The van der Waals surface area contributed by atoms with Crippen LogP contribution in [0.1, 0.15) is 20.7 Å². The Morgan fingerprint density at radius 1 is 0.636 bits per heavy atom. The van der Waals surface area contributed by atoms with Crippen LogP contribution >= 0.6 is 23.2 Å². The quantitative estimate of drug-likeness (QED) is 0.165. The minimum absolute atomic E-state index is 0.593. The number of nitrogens with one attached hydrogen (secondary N) is 2. The molecule has 0 aliphatic rings. The molecule has 0 saturated heterocycles. The number of aromatic carboxylic acids is 2. The molecular weight excluding hydrogens is 671 g/mol. The zero-order chi connectivity index (χ0) is 33.8. The molecular formula is C24H22Cl2N4O12S2. The number of aromatic nitrogens is 2. The maximum Gasteiger partial charge on any atom is 0.339 e. The van der Waals surface area contributed by atoms with E-state index in [0.29, 0.717) is 33.8 Å². The lowest BCUT2D eigenvalue weighted by atomic mass is 10.2. The number of rotatable bonds is 4. The SMILES string of the molecule is Nc1ccc(Cl)c[nH+]1.Nc1ccc(Cl)c[nH+]1.O=C(O)c1cc(S(=O)(=O)[O-])ccc1O.O=C(O)c1cc(S(=O)(=O)[O-])ccc1O. The van der Waals surface area contributed by atoms with E-state index in [9.17, 15) is 35.5 Å². The topological polar surface area (TPSA) is 310 Å². The van der Waals surface area contributed by atoms with Gasteiger partial charge in [-0.2, -0.15) is 0 Å². The number of carboxylic acid groups (broad SMARTS) is 2.